The highest BCUT2D eigenvalue weighted by molar-refractivity contribution is 5.99. The first kappa shape index (κ1) is 19.4. The van der Waals surface area contributed by atoms with E-state index < -0.39 is 29.4 Å². The molecule has 0 saturated carbocycles. The average Bonchev–Trinajstić information content (AvgIpc) is 2.64. The number of ether oxygens (including phenoxy) is 1. The number of hydrogen-bond donors (Lipinski definition) is 3. The molecule has 0 fully saturated rings. The fraction of sp³-hybridized carbons (Fsp3) is 0.118. The van der Waals surface area contributed by atoms with Crippen molar-refractivity contribution >= 4 is 29.3 Å². The number of rotatable bonds is 7. The highest BCUT2D eigenvalue weighted by Crippen LogP contribution is 2.23. The van der Waals surface area contributed by atoms with Crippen molar-refractivity contribution in [1.82, 2.24) is 5.32 Å². The number of amides is 3. The van der Waals surface area contributed by atoms with E-state index in [1.807, 2.05) is 30.3 Å². The fourth-order valence-corrected chi connectivity index (χ4v) is 2.14. The second-order valence-corrected chi connectivity index (χ2v) is 5.31. The maximum absolute atomic E-state index is 12.3. The van der Waals surface area contributed by atoms with Crippen LogP contribution >= 0.6 is 0 Å². The molecule has 140 valence electrons. The van der Waals surface area contributed by atoms with Gasteiger partial charge in [-0.1, -0.05) is 30.3 Å². The lowest BCUT2D eigenvalue weighted by Gasteiger charge is -2.12. The number of nitrogens with two attached hydrogens (primary N) is 1. The molecule has 0 bridgehead atoms. The quantitative estimate of drug-likeness (QED) is 0.378. The summed E-state index contributed by atoms with van der Waals surface area (Å²) in [4.78, 5) is 44.5. The summed E-state index contributed by atoms with van der Waals surface area (Å²) < 4.78 is 4.80. The summed E-state index contributed by atoms with van der Waals surface area (Å²) in [6.07, 6.45) is 0. The van der Waals surface area contributed by atoms with Crippen LogP contribution in [0.3, 0.4) is 0 Å². The Kier molecular flexibility index (Phi) is 6.42. The van der Waals surface area contributed by atoms with Crippen LogP contribution < -0.4 is 16.4 Å². The number of benzene rings is 2. The predicted octanol–water partition coefficient (Wildman–Crippen LogP) is 1.56. The first-order valence-electron chi connectivity index (χ1n) is 7.69. The van der Waals surface area contributed by atoms with E-state index in [0.29, 0.717) is 12.2 Å². The molecule has 27 heavy (non-hydrogen) atoms. The van der Waals surface area contributed by atoms with Crippen LogP contribution in [0, 0.1) is 10.1 Å². The second-order valence-electron chi connectivity index (χ2n) is 5.31. The Hall–Kier alpha value is -3.95. The summed E-state index contributed by atoms with van der Waals surface area (Å²) in [5, 5.41) is 15.7. The Bertz CT molecular complexity index is 869. The van der Waals surface area contributed by atoms with Gasteiger partial charge >= 0.3 is 12.0 Å². The smallest absolute Gasteiger partial charge is 0.341 e. The standard InChI is InChI=1S/C17H16N4O6/c18-17(24)20-15(22)10-27-16(23)13-8-12(21(25)26)6-7-14(13)19-9-11-4-2-1-3-5-11/h1-8,19H,9-10H2,(H3,18,20,22,24). The Morgan fingerprint density at radius 2 is 1.81 bits per heavy atom. The van der Waals surface area contributed by atoms with E-state index in [9.17, 15) is 24.5 Å². The molecule has 10 heteroatoms. The fourth-order valence-electron chi connectivity index (χ4n) is 2.14. The Morgan fingerprint density at radius 1 is 1.11 bits per heavy atom. The molecule has 0 saturated heterocycles. The molecule has 2 aromatic carbocycles. The van der Waals surface area contributed by atoms with Gasteiger partial charge in [0, 0.05) is 24.4 Å². The van der Waals surface area contributed by atoms with E-state index >= 15 is 0 Å². The van der Waals surface area contributed by atoms with Crippen molar-refractivity contribution < 1.29 is 24.0 Å². The SMILES string of the molecule is NC(=O)NC(=O)COC(=O)c1cc([N+](=O)[O-])ccc1NCc1ccccc1. The highest BCUT2D eigenvalue weighted by Gasteiger charge is 2.19. The van der Waals surface area contributed by atoms with Gasteiger partial charge in [0.15, 0.2) is 6.61 Å². The topological polar surface area (TPSA) is 154 Å². The second kappa shape index (κ2) is 8.94. The van der Waals surface area contributed by atoms with Gasteiger partial charge in [-0.05, 0) is 11.6 Å². The van der Waals surface area contributed by atoms with Crippen molar-refractivity contribution in [2.24, 2.45) is 5.73 Å². The first-order chi connectivity index (χ1) is 12.9. The van der Waals surface area contributed by atoms with Gasteiger partial charge in [0.1, 0.15) is 0 Å². The minimum absolute atomic E-state index is 0.119. The molecule has 0 aromatic heterocycles. The van der Waals surface area contributed by atoms with Gasteiger partial charge in [0.05, 0.1) is 10.5 Å². The molecule has 10 nitrogen and oxygen atoms in total. The van der Waals surface area contributed by atoms with Crippen LogP contribution in [-0.2, 0) is 16.1 Å². The molecule has 0 aliphatic carbocycles. The number of urea groups is 1. The van der Waals surface area contributed by atoms with Crippen molar-refractivity contribution in [3.8, 4) is 0 Å². The van der Waals surface area contributed by atoms with Crippen LogP contribution in [0.5, 0.6) is 0 Å². The van der Waals surface area contributed by atoms with Crippen LogP contribution in [0.4, 0.5) is 16.2 Å². The van der Waals surface area contributed by atoms with E-state index in [1.165, 1.54) is 12.1 Å². The molecule has 0 radical (unpaired) electrons. The molecular formula is C17H16N4O6. The Morgan fingerprint density at radius 3 is 2.44 bits per heavy atom. The number of anilines is 1. The van der Waals surface area contributed by atoms with Gasteiger partial charge in [0.25, 0.3) is 11.6 Å². The summed E-state index contributed by atoms with van der Waals surface area (Å²) in [6.45, 7) is -0.399. The third-order valence-corrected chi connectivity index (χ3v) is 3.36. The van der Waals surface area contributed by atoms with Gasteiger partial charge in [-0.2, -0.15) is 0 Å². The monoisotopic (exact) mass is 372 g/mol. The summed E-state index contributed by atoms with van der Waals surface area (Å²) in [5.41, 5.74) is 5.58. The van der Waals surface area contributed by atoms with Crippen molar-refractivity contribution in [3.05, 3.63) is 69.8 Å². The van der Waals surface area contributed by atoms with Crippen LogP contribution in [-0.4, -0.2) is 29.4 Å². The average molecular weight is 372 g/mol. The van der Waals surface area contributed by atoms with Crippen molar-refractivity contribution in [3.63, 3.8) is 0 Å². The number of primary amides is 1. The maximum Gasteiger partial charge on any atom is 0.341 e. The van der Waals surface area contributed by atoms with E-state index in [0.717, 1.165) is 11.6 Å². The lowest BCUT2D eigenvalue weighted by atomic mass is 10.1. The number of hydrogen-bond acceptors (Lipinski definition) is 7. The molecular weight excluding hydrogens is 356 g/mol. The van der Waals surface area contributed by atoms with Crippen molar-refractivity contribution in [1.29, 1.82) is 0 Å². The zero-order valence-electron chi connectivity index (χ0n) is 14.0. The van der Waals surface area contributed by atoms with E-state index in [4.69, 9.17) is 10.5 Å². The molecule has 0 heterocycles. The van der Waals surface area contributed by atoms with Gasteiger partial charge in [0.2, 0.25) is 0 Å². The molecule has 2 rings (SSSR count). The lowest BCUT2D eigenvalue weighted by Crippen LogP contribution is -2.37. The predicted molar refractivity (Wildman–Crippen MR) is 94.9 cm³/mol. The third kappa shape index (κ3) is 5.81. The summed E-state index contributed by atoms with van der Waals surface area (Å²) >= 11 is 0. The van der Waals surface area contributed by atoms with Crippen molar-refractivity contribution in [2.75, 3.05) is 11.9 Å². The van der Waals surface area contributed by atoms with Crippen LogP contribution in [0.2, 0.25) is 0 Å². The molecule has 0 aliphatic rings. The van der Waals surface area contributed by atoms with Gasteiger partial charge in [-0.15, -0.1) is 0 Å². The zero-order valence-corrected chi connectivity index (χ0v) is 14.0. The number of non-ortho nitro benzene ring substituents is 1. The van der Waals surface area contributed by atoms with Crippen molar-refractivity contribution in [2.45, 2.75) is 6.54 Å². The van der Waals surface area contributed by atoms with E-state index in [2.05, 4.69) is 5.32 Å². The summed E-state index contributed by atoms with van der Waals surface area (Å²) in [7, 11) is 0. The minimum Gasteiger partial charge on any atom is -0.452 e. The molecule has 0 spiro atoms. The summed E-state index contributed by atoms with van der Waals surface area (Å²) in [5.74, 6) is -1.88. The number of nitro benzene ring substituents is 1. The molecule has 4 N–H and O–H groups in total. The number of carbonyl (C=O) groups is 3. The number of imide groups is 1. The number of esters is 1. The number of nitro groups is 1. The maximum atomic E-state index is 12.3. The van der Waals surface area contributed by atoms with Gasteiger partial charge < -0.3 is 15.8 Å². The Labute approximate surface area is 153 Å². The third-order valence-electron chi connectivity index (χ3n) is 3.36. The number of carbonyl (C=O) groups excluding carboxylic acids is 3. The molecule has 2 aromatic rings. The zero-order chi connectivity index (χ0) is 19.8. The molecule has 0 atom stereocenters. The van der Waals surface area contributed by atoms with Crippen LogP contribution in [0.25, 0.3) is 0 Å². The number of nitrogens with zero attached hydrogens (tertiary/aromatic N) is 1. The van der Waals surface area contributed by atoms with E-state index in [1.54, 1.807) is 5.32 Å². The van der Waals surface area contributed by atoms with Gasteiger partial charge in [-0.3, -0.25) is 20.2 Å². The lowest BCUT2D eigenvalue weighted by molar-refractivity contribution is -0.384. The first-order valence-corrected chi connectivity index (χ1v) is 7.69. The summed E-state index contributed by atoms with van der Waals surface area (Å²) in [6, 6.07) is 11.9. The van der Waals surface area contributed by atoms with Crippen LogP contribution in [0.15, 0.2) is 48.5 Å². The normalized spacial score (nSPS) is 9.93. The molecule has 0 unspecified atom stereocenters. The highest BCUT2D eigenvalue weighted by atomic mass is 16.6. The number of nitrogens with one attached hydrogen (secondary N) is 2. The van der Waals surface area contributed by atoms with E-state index in [-0.39, 0.29) is 11.3 Å². The minimum atomic E-state index is -1.09. The van der Waals surface area contributed by atoms with Crippen LogP contribution in [0.1, 0.15) is 15.9 Å². The molecule has 3 amide bonds. The largest absolute Gasteiger partial charge is 0.452 e. The van der Waals surface area contributed by atoms with Gasteiger partial charge in [-0.25, -0.2) is 9.59 Å². The Balaban J connectivity index is 2.16. The molecule has 0 aliphatic heterocycles.